The average Bonchev–Trinajstić information content (AvgIpc) is 2.84. The number of nitrogens with one attached hydrogen (secondary N) is 1. The van der Waals surface area contributed by atoms with Crippen molar-refractivity contribution in [2.75, 3.05) is 19.8 Å². The molecule has 1 saturated heterocycles. The molecule has 2 unspecified atom stereocenters. The van der Waals surface area contributed by atoms with E-state index >= 15 is 0 Å². The van der Waals surface area contributed by atoms with Crippen molar-refractivity contribution in [1.29, 1.82) is 0 Å². The molecule has 4 N–H and O–H groups in total. The van der Waals surface area contributed by atoms with E-state index in [2.05, 4.69) is 12.2 Å². The molecule has 1 amide bonds. The molecular formula is C14H26N2O4. The molecule has 1 fully saturated rings. The molecule has 0 aromatic rings. The van der Waals surface area contributed by atoms with Gasteiger partial charge in [0.2, 0.25) is 5.91 Å². The van der Waals surface area contributed by atoms with Gasteiger partial charge in [0.1, 0.15) is 5.54 Å². The topological polar surface area (TPSA) is 102 Å². The summed E-state index contributed by atoms with van der Waals surface area (Å²) >= 11 is 0. The minimum Gasteiger partial charge on any atom is -0.481 e. The lowest BCUT2D eigenvalue weighted by Gasteiger charge is -2.22. The number of hydrogen-bond acceptors (Lipinski definition) is 4. The van der Waals surface area contributed by atoms with Gasteiger partial charge >= 0.3 is 5.97 Å². The van der Waals surface area contributed by atoms with Crippen molar-refractivity contribution in [3.63, 3.8) is 0 Å². The second-order valence-electron chi connectivity index (χ2n) is 5.59. The first-order valence-corrected chi connectivity index (χ1v) is 7.34. The number of nitrogens with two attached hydrogens (primary N) is 1. The van der Waals surface area contributed by atoms with Crippen LogP contribution in [0, 0.1) is 5.92 Å². The molecule has 1 rings (SSSR count). The first-order valence-electron chi connectivity index (χ1n) is 7.34. The molecule has 6 nitrogen and oxygen atoms in total. The maximum absolute atomic E-state index is 12.0. The van der Waals surface area contributed by atoms with E-state index in [-0.39, 0.29) is 18.9 Å². The number of rotatable bonds is 9. The molecule has 0 aromatic heterocycles. The van der Waals surface area contributed by atoms with Crippen LogP contribution in [0.25, 0.3) is 0 Å². The summed E-state index contributed by atoms with van der Waals surface area (Å²) in [5, 5.41) is 11.6. The van der Waals surface area contributed by atoms with Gasteiger partial charge in [0.25, 0.3) is 0 Å². The van der Waals surface area contributed by atoms with Gasteiger partial charge in [-0.05, 0) is 25.2 Å². The van der Waals surface area contributed by atoms with Crippen LogP contribution < -0.4 is 11.1 Å². The van der Waals surface area contributed by atoms with Gasteiger partial charge in [-0.1, -0.05) is 19.8 Å². The standard InChI is InChI=1S/C14H26N2O4/c1-2-3-11(4-5-12(17)18)6-8-16-13(19)14(15)7-9-20-10-14/h11H,2-10,15H2,1H3,(H,16,19)(H,17,18). The van der Waals surface area contributed by atoms with Crippen LogP contribution in [0.2, 0.25) is 0 Å². The van der Waals surface area contributed by atoms with Crippen molar-refractivity contribution in [1.82, 2.24) is 5.32 Å². The lowest BCUT2D eigenvalue weighted by Crippen LogP contribution is -2.54. The first-order chi connectivity index (χ1) is 9.48. The summed E-state index contributed by atoms with van der Waals surface area (Å²) in [6, 6.07) is 0. The Morgan fingerprint density at radius 3 is 2.70 bits per heavy atom. The third-order valence-corrected chi connectivity index (χ3v) is 3.81. The van der Waals surface area contributed by atoms with Crippen molar-refractivity contribution in [3.8, 4) is 0 Å². The summed E-state index contributed by atoms with van der Waals surface area (Å²) in [6.45, 7) is 3.43. The van der Waals surface area contributed by atoms with E-state index in [0.717, 1.165) is 19.3 Å². The van der Waals surface area contributed by atoms with Gasteiger partial charge in [0, 0.05) is 19.6 Å². The van der Waals surface area contributed by atoms with Crippen LogP contribution in [0.1, 0.15) is 45.4 Å². The SMILES string of the molecule is CCCC(CCNC(=O)C1(N)CCOC1)CCC(=O)O. The smallest absolute Gasteiger partial charge is 0.303 e. The maximum Gasteiger partial charge on any atom is 0.303 e. The Balaban J connectivity index is 2.28. The van der Waals surface area contributed by atoms with E-state index in [9.17, 15) is 9.59 Å². The quantitative estimate of drug-likeness (QED) is 0.584. The number of hydrogen-bond donors (Lipinski definition) is 3. The molecule has 0 radical (unpaired) electrons. The molecule has 0 spiro atoms. The highest BCUT2D eigenvalue weighted by Gasteiger charge is 2.37. The lowest BCUT2D eigenvalue weighted by atomic mass is 9.94. The van der Waals surface area contributed by atoms with Crippen molar-refractivity contribution >= 4 is 11.9 Å². The zero-order chi connectivity index (χ0) is 15.0. The molecule has 20 heavy (non-hydrogen) atoms. The number of aliphatic carboxylic acids is 1. The highest BCUT2D eigenvalue weighted by molar-refractivity contribution is 5.86. The highest BCUT2D eigenvalue weighted by atomic mass is 16.5. The fourth-order valence-corrected chi connectivity index (χ4v) is 2.49. The summed E-state index contributed by atoms with van der Waals surface area (Å²) in [7, 11) is 0. The Hall–Kier alpha value is -1.14. The van der Waals surface area contributed by atoms with E-state index in [0.29, 0.717) is 31.9 Å². The van der Waals surface area contributed by atoms with Crippen LogP contribution in [-0.2, 0) is 14.3 Å². The number of carboxylic acids is 1. The zero-order valence-corrected chi connectivity index (χ0v) is 12.2. The predicted octanol–water partition coefficient (Wildman–Crippen LogP) is 0.892. The van der Waals surface area contributed by atoms with Crippen LogP contribution in [-0.4, -0.2) is 42.3 Å². The Morgan fingerprint density at radius 1 is 1.40 bits per heavy atom. The number of amides is 1. The average molecular weight is 286 g/mol. The van der Waals surface area contributed by atoms with E-state index in [4.69, 9.17) is 15.6 Å². The minimum atomic E-state index is -0.888. The Morgan fingerprint density at radius 2 is 2.15 bits per heavy atom. The van der Waals surface area contributed by atoms with Gasteiger partial charge < -0.3 is 20.9 Å². The summed E-state index contributed by atoms with van der Waals surface area (Å²) < 4.78 is 5.16. The molecule has 0 aliphatic carbocycles. The molecule has 1 heterocycles. The van der Waals surface area contributed by atoms with Crippen molar-refractivity contribution in [2.24, 2.45) is 11.7 Å². The first kappa shape index (κ1) is 16.9. The van der Waals surface area contributed by atoms with Crippen LogP contribution in [0.4, 0.5) is 0 Å². The molecule has 116 valence electrons. The molecule has 6 heteroatoms. The van der Waals surface area contributed by atoms with Gasteiger partial charge in [-0.25, -0.2) is 0 Å². The molecule has 0 bridgehead atoms. The molecule has 2 atom stereocenters. The largest absolute Gasteiger partial charge is 0.481 e. The monoisotopic (exact) mass is 286 g/mol. The minimum absolute atomic E-state index is 0.163. The number of ether oxygens (including phenoxy) is 1. The van der Waals surface area contributed by atoms with Crippen molar-refractivity contribution in [2.45, 2.75) is 51.0 Å². The van der Waals surface area contributed by atoms with E-state index in [1.807, 2.05) is 0 Å². The Labute approximate surface area is 120 Å². The number of carbonyl (C=O) groups is 2. The third kappa shape index (κ3) is 5.46. The van der Waals surface area contributed by atoms with Gasteiger partial charge in [-0.15, -0.1) is 0 Å². The molecular weight excluding hydrogens is 260 g/mol. The number of carboxylic acid groups (broad SMARTS) is 1. The summed E-state index contributed by atoms with van der Waals surface area (Å²) in [5.74, 6) is -0.590. The van der Waals surface area contributed by atoms with Gasteiger partial charge in [-0.3, -0.25) is 9.59 Å². The second-order valence-corrected chi connectivity index (χ2v) is 5.59. The summed E-state index contributed by atoms with van der Waals surface area (Å²) in [4.78, 5) is 22.6. The summed E-state index contributed by atoms with van der Waals surface area (Å²) in [5.41, 5.74) is 5.07. The van der Waals surface area contributed by atoms with E-state index < -0.39 is 11.5 Å². The van der Waals surface area contributed by atoms with Gasteiger partial charge in [0.05, 0.1) is 6.61 Å². The molecule has 1 aliphatic heterocycles. The van der Waals surface area contributed by atoms with Crippen LogP contribution in [0.15, 0.2) is 0 Å². The molecule has 1 aliphatic rings. The van der Waals surface area contributed by atoms with Crippen LogP contribution >= 0.6 is 0 Å². The molecule has 0 aromatic carbocycles. The number of carbonyl (C=O) groups excluding carboxylic acids is 1. The van der Waals surface area contributed by atoms with Crippen LogP contribution in [0.3, 0.4) is 0 Å². The zero-order valence-electron chi connectivity index (χ0n) is 12.2. The van der Waals surface area contributed by atoms with Gasteiger partial charge in [-0.2, -0.15) is 0 Å². The second kappa shape index (κ2) is 8.21. The molecule has 0 saturated carbocycles. The van der Waals surface area contributed by atoms with Crippen LogP contribution in [0.5, 0.6) is 0 Å². The normalized spacial score (nSPS) is 23.5. The maximum atomic E-state index is 12.0. The van der Waals surface area contributed by atoms with E-state index in [1.54, 1.807) is 0 Å². The van der Waals surface area contributed by atoms with Gasteiger partial charge in [0.15, 0.2) is 0 Å². The van der Waals surface area contributed by atoms with E-state index in [1.165, 1.54) is 0 Å². The highest BCUT2D eigenvalue weighted by Crippen LogP contribution is 2.18. The Bertz CT molecular complexity index is 327. The fraction of sp³-hybridized carbons (Fsp3) is 0.857. The Kier molecular flexibility index (Phi) is 6.95. The summed E-state index contributed by atoms with van der Waals surface area (Å²) in [6.07, 6.45) is 4.20. The van der Waals surface area contributed by atoms with Crippen molar-refractivity contribution in [3.05, 3.63) is 0 Å². The lowest BCUT2D eigenvalue weighted by molar-refractivity contribution is -0.137. The third-order valence-electron chi connectivity index (χ3n) is 3.81. The predicted molar refractivity (Wildman–Crippen MR) is 75.2 cm³/mol. The fourth-order valence-electron chi connectivity index (χ4n) is 2.49. The van der Waals surface area contributed by atoms with Crippen molar-refractivity contribution < 1.29 is 19.4 Å².